The molecular formula is C15H29Cl2F2N3O. The Morgan fingerprint density at radius 3 is 2.22 bits per heavy atom. The number of carbonyl (C=O) groups excluding carboxylic acids is 1. The molecule has 0 radical (unpaired) electrons. The van der Waals surface area contributed by atoms with Crippen LogP contribution < -0.4 is 5.32 Å². The molecule has 0 spiro atoms. The molecule has 0 aromatic carbocycles. The number of halogens is 4. The van der Waals surface area contributed by atoms with Crippen molar-refractivity contribution in [2.75, 3.05) is 45.8 Å². The van der Waals surface area contributed by atoms with Crippen LogP contribution in [0.1, 0.15) is 26.2 Å². The summed E-state index contributed by atoms with van der Waals surface area (Å²) in [5.74, 6) is 1.24. The van der Waals surface area contributed by atoms with Crippen LogP contribution in [-0.4, -0.2) is 67.9 Å². The topological polar surface area (TPSA) is 35.6 Å². The Labute approximate surface area is 150 Å². The average molecular weight is 376 g/mol. The molecule has 4 nitrogen and oxygen atoms in total. The van der Waals surface area contributed by atoms with Crippen molar-refractivity contribution in [3.05, 3.63) is 0 Å². The minimum atomic E-state index is -2.29. The Kier molecular flexibility index (Phi) is 11.3. The first-order valence-corrected chi connectivity index (χ1v) is 8.05. The number of rotatable bonds is 5. The van der Waals surface area contributed by atoms with Crippen LogP contribution in [0.25, 0.3) is 0 Å². The van der Waals surface area contributed by atoms with Crippen LogP contribution in [0.5, 0.6) is 0 Å². The van der Waals surface area contributed by atoms with E-state index in [1.807, 2.05) is 4.90 Å². The van der Waals surface area contributed by atoms with Gasteiger partial charge in [-0.2, -0.15) is 0 Å². The monoisotopic (exact) mass is 375 g/mol. The summed E-state index contributed by atoms with van der Waals surface area (Å²) in [6.45, 7) is 6.41. The van der Waals surface area contributed by atoms with E-state index in [-0.39, 0.29) is 37.3 Å². The molecule has 0 aromatic heterocycles. The number of alkyl halides is 2. The first-order valence-electron chi connectivity index (χ1n) is 8.05. The Morgan fingerprint density at radius 1 is 1.13 bits per heavy atom. The zero-order valence-corrected chi connectivity index (χ0v) is 15.3. The van der Waals surface area contributed by atoms with E-state index < -0.39 is 6.43 Å². The molecule has 1 atom stereocenters. The highest BCUT2D eigenvalue weighted by Gasteiger charge is 2.26. The number of hydrogen-bond acceptors (Lipinski definition) is 3. The summed E-state index contributed by atoms with van der Waals surface area (Å²) >= 11 is 0. The second kappa shape index (κ2) is 11.4. The van der Waals surface area contributed by atoms with Crippen LogP contribution in [0, 0.1) is 11.8 Å². The molecule has 1 unspecified atom stereocenters. The molecule has 8 heteroatoms. The van der Waals surface area contributed by atoms with E-state index in [1.165, 1.54) is 0 Å². The molecule has 0 aliphatic carbocycles. The molecule has 1 amide bonds. The zero-order valence-electron chi connectivity index (χ0n) is 13.7. The van der Waals surface area contributed by atoms with Crippen molar-refractivity contribution in [2.24, 2.45) is 11.8 Å². The van der Waals surface area contributed by atoms with E-state index in [1.54, 1.807) is 4.90 Å². The minimum Gasteiger partial charge on any atom is -0.340 e. The smallest absolute Gasteiger partial charge is 0.251 e. The van der Waals surface area contributed by atoms with Gasteiger partial charge in [-0.25, -0.2) is 8.78 Å². The van der Waals surface area contributed by atoms with Gasteiger partial charge in [0, 0.05) is 32.6 Å². The van der Waals surface area contributed by atoms with E-state index in [2.05, 4.69) is 12.2 Å². The maximum absolute atomic E-state index is 12.3. The van der Waals surface area contributed by atoms with Crippen molar-refractivity contribution >= 4 is 30.7 Å². The number of amides is 1. The number of nitrogens with zero attached hydrogens (tertiary/aromatic N) is 2. The highest BCUT2D eigenvalue weighted by Crippen LogP contribution is 2.25. The Hall–Kier alpha value is -0.170. The second-order valence-corrected chi connectivity index (χ2v) is 6.34. The Morgan fingerprint density at radius 2 is 1.70 bits per heavy atom. The van der Waals surface area contributed by atoms with Gasteiger partial charge in [0.15, 0.2) is 0 Å². The third-order valence-corrected chi connectivity index (χ3v) is 4.81. The maximum Gasteiger partial charge on any atom is 0.251 e. The predicted molar refractivity (Wildman–Crippen MR) is 92.9 cm³/mol. The van der Waals surface area contributed by atoms with Crippen LogP contribution in [-0.2, 0) is 4.79 Å². The molecule has 0 bridgehead atoms. The molecular weight excluding hydrogens is 347 g/mol. The fourth-order valence-corrected chi connectivity index (χ4v) is 3.36. The number of piperazine rings is 1. The Bertz CT molecular complexity index is 337. The lowest BCUT2D eigenvalue weighted by Crippen LogP contribution is -2.50. The summed E-state index contributed by atoms with van der Waals surface area (Å²) in [4.78, 5) is 15.9. The van der Waals surface area contributed by atoms with Gasteiger partial charge in [-0.05, 0) is 37.8 Å². The van der Waals surface area contributed by atoms with E-state index >= 15 is 0 Å². The van der Waals surface area contributed by atoms with Gasteiger partial charge in [-0.15, -0.1) is 24.8 Å². The van der Waals surface area contributed by atoms with E-state index in [4.69, 9.17) is 0 Å². The quantitative estimate of drug-likeness (QED) is 0.800. The lowest BCUT2D eigenvalue weighted by molar-refractivity contribution is -0.134. The van der Waals surface area contributed by atoms with Crippen molar-refractivity contribution in [3.63, 3.8) is 0 Å². The van der Waals surface area contributed by atoms with Crippen LogP contribution in [0.15, 0.2) is 0 Å². The lowest BCUT2D eigenvalue weighted by Gasteiger charge is -2.36. The van der Waals surface area contributed by atoms with Crippen LogP contribution in [0.2, 0.25) is 0 Å². The van der Waals surface area contributed by atoms with Crippen LogP contribution >= 0.6 is 24.8 Å². The molecule has 138 valence electrons. The van der Waals surface area contributed by atoms with Gasteiger partial charge >= 0.3 is 0 Å². The highest BCUT2D eigenvalue weighted by molar-refractivity contribution is 5.85. The van der Waals surface area contributed by atoms with Crippen LogP contribution in [0.3, 0.4) is 0 Å². The summed E-state index contributed by atoms with van der Waals surface area (Å²) in [5, 5.41) is 3.34. The number of piperidine rings is 1. The normalized spacial score (nSPS) is 21.5. The fraction of sp³-hybridized carbons (Fsp3) is 0.933. The predicted octanol–water partition coefficient (Wildman–Crippen LogP) is 2.27. The summed E-state index contributed by atoms with van der Waals surface area (Å²) in [6, 6.07) is 0. The molecule has 2 fully saturated rings. The molecule has 23 heavy (non-hydrogen) atoms. The first kappa shape index (κ1) is 22.8. The van der Waals surface area contributed by atoms with Gasteiger partial charge in [0.1, 0.15) is 0 Å². The largest absolute Gasteiger partial charge is 0.340 e. The maximum atomic E-state index is 12.3. The lowest BCUT2D eigenvalue weighted by atomic mass is 9.84. The van der Waals surface area contributed by atoms with Gasteiger partial charge in [0.25, 0.3) is 6.43 Å². The van der Waals surface area contributed by atoms with E-state index in [0.717, 1.165) is 25.9 Å². The second-order valence-electron chi connectivity index (χ2n) is 6.34. The molecule has 2 aliphatic heterocycles. The van der Waals surface area contributed by atoms with Gasteiger partial charge in [-0.1, -0.05) is 6.92 Å². The van der Waals surface area contributed by atoms with Crippen molar-refractivity contribution in [3.8, 4) is 0 Å². The first-order chi connectivity index (χ1) is 10.1. The molecule has 0 saturated carbocycles. The third-order valence-electron chi connectivity index (χ3n) is 4.81. The van der Waals surface area contributed by atoms with Crippen molar-refractivity contribution in [1.82, 2.24) is 15.1 Å². The summed E-state index contributed by atoms with van der Waals surface area (Å²) in [7, 11) is 0. The minimum absolute atomic E-state index is 0. The van der Waals surface area contributed by atoms with E-state index in [0.29, 0.717) is 44.4 Å². The number of carbonyl (C=O) groups is 1. The average Bonchev–Trinajstić information content (AvgIpc) is 2.48. The molecule has 1 N–H and O–H groups in total. The summed E-state index contributed by atoms with van der Waals surface area (Å²) in [6.07, 6.45) is 0.611. The Balaban J connectivity index is 0.00000242. The highest BCUT2D eigenvalue weighted by atomic mass is 35.5. The summed E-state index contributed by atoms with van der Waals surface area (Å²) in [5.41, 5.74) is 0. The molecule has 0 aromatic rings. The molecule has 2 heterocycles. The van der Waals surface area contributed by atoms with Crippen molar-refractivity contribution < 1.29 is 13.6 Å². The molecule has 2 saturated heterocycles. The van der Waals surface area contributed by atoms with Gasteiger partial charge in [0.2, 0.25) is 5.91 Å². The van der Waals surface area contributed by atoms with Gasteiger partial charge in [-0.3, -0.25) is 9.69 Å². The molecule has 2 rings (SSSR count). The van der Waals surface area contributed by atoms with Crippen molar-refractivity contribution in [1.29, 1.82) is 0 Å². The van der Waals surface area contributed by atoms with E-state index in [9.17, 15) is 13.6 Å². The van der Waals surface area contributed by atoms with Crippen molar-refractivity contribution in [2.45, 2.75) is 32.6 Å². The number of hydrogen-bond donors (Lipinski definition) is 1. The zero-order chi connectivity index (χ0) is 15.2. The SMILES string of the molecule is CC(CC(=O)N1CCN(CC(F)F)CC1)C1CCNCC1.Cl.Cl. The summed E-state index contributed by atoms with van der Waals surface area (Å²) < 4.78 is 24.7. The van der Waals surface area contributed by atoms with Crippen LogP contribution in [0.4, 0.5) is 8.78 Å². The molecule has 2 aliphatic rings. The fourth-order valence-electron chi connectivity index (χ4n) is 3.36. The van der Waals surface area contributed by atoms with Gasteiger partial charge in [0.05, 0.1) is 6.54 Å². The van der Waals surface area contributed by atoms with Gasteiger partial charge < -0.3 is 10.2 Å². The number of nitrogens with one attached hydrogen (secondary N) is 1. The third kappa shape index (κ3) is 7.50. The standard InChI is InChI=1S/C15H27F2N3O.2ClH/c1-12(13-2-4-18-5-3-13)10-15(21)20-8-6-19(7-9-20)11-14(16)17;;/h12-14,18H,2-11H2,1H3;2*1H.